The summed E-state index contributed by atoms with van der Waals surface area (Å²) < 4.78 is 52.8. The van der Waals surface area contributed by atoms with E-state index in [0.717, 1.165) is 6.07 Å². The molecule has 0 bridgehead atoms. The van der Waals surface area contributed by atoms with Gasteiger partial charge >= 0.3 is 6.18 Å². The number of aryl methyl sites for hydroxylation is 1. The molecular formula is C29H25F3N4O4. The molecule has 0 spiro atoms. The first kappa shape index (κ1) is 27.1. The van der Waals surface area contributed by atoms with E-state index in [4.69, 9.17) is 14.9 Å². The zero-order valence-corrected chi connectivity index (χ0v) is 21.3. The molecule has 1 aliphatic heterocycles. The van der Waals surface area contributed by atoms with Crippen LogP contribution in [-0.4, -0.2) is 52.9 Å². The normalized spacial score (nSPS) is 14.2. The highest BCUT2D eigenvalue weighted by Crippen LogP contribution is 2.39. The SMILES string of the molecule is Nc1ccc(/C=C/C(=O)CCc2cc3cc(-c4ccc(C(=O)N5CCOCC5)cn4)cc(C(F)(F)F)c3o2)cn1. The molecule has 0 unspecified atom stereocenters. The lowest BCUT2D eigenvalue weighted by atomic mass is 10.0. The molecule has 4 aromatic rings. The second-order valence-corrected chi connectivity index (χ2v) is 9.31. The number of nitrogens with zero attached hydrogens (tertiary/aromatic N) is 3. The summed E-state index contributed by atoms with van der Waals surface area (Å²) in [5.74, 6) is 0.196. The van der Waals surface area contributed by atoms with Gasteiger partial charge in [0.25, 0.3) is 5.91 Å². The van der Waals surface area contributed by atoms with Gasteiger partial charge in [0.15, 0.2) is 5.78 Å². The number of alkyl halides is 3. The number of ether oxygens (including phenoxy) is 1. The lowest BCUT2D eigenvalue weighted by molar-refractivity contribution is -0.136. The maximum absolute atomic E-state index is 14.0. The monoisotopic (exact) mass is 550 g/mol. The molecule has 0 radical (unpaired) electrons. The molecule has 0 atom stereocenters. The number of rotatable bonds is 7. The maximum atomic E-state index is 14.0. The lowest BCUT2D eigenvalue weighted by Crippen LogP contribution is -2.40. The highest BCUT2D eigenvalue weighted by Gasteiger charge is 2.35. The third-order valence-electron chi connectivity index (χ3n) is 6.47. The number of amides is 1. The Balaban J connectivity index is 1.35. The molecule has 8 nitrogen and oxygen atoms in total. The minimum Gasteiger partial charge on any atom is -0.460 e. The zero-order valence-electron chi connectivity index (χ0n) is 21.3. The summed E-state index contributed by atoms with van der Waals surface area (Å²) in [5, 5.41) is 0.242. The van der Waals surface area contributed by atoms with Crippen LogP contribution >= 0.6 is 0 Å². The summed E-state index contributed by atoms with van der Waals surface area (Å²) in [5.41, 5.74) is 5.86. The standard InChI is InChI=1S/C29H25F3N4O4/c30-29(31,32)24-15-20(25-7-3-19(17-34-25)28(38)36-9-11-39-12-10-36)13-21-14-23(40-27(21)24)6-5-22(37)4-1-18-2-8-26(33)35-16-18/h1-4,7-8,13-17H,5-6,9-12H2,(H2,33,35)/b4-1+. The summed E-state index contributed by atoms with van der Waals surface area (Å²) in [6, 6.07) is 10.4. The number of ketones is 1. The molecule has 0 saturated carbocycles. The Morgan fingerprint density at radius 3 is 2.50 bits per heavy atom. The second-order valence-electron chi connectivity index (χ2n) is 9.31. The molecule has 5 rings (SSSR count). The number of pyridine rings is 2. The quantitative estimate of drug-likeness (QED) is 0.316. The first-order valence-electron chi connectivity index (χ1n) is 12.6. The summed E-state index contributed by atoms with van der Waals surface area (Å²) in [6.07, 6.45) is 1.36. The van der Waals surface area contributed by atoms with Crippen LogP contribution in [0.1, 0.15) is 33.7 Å². The van der Waals surface area contributed by atoms with E-state index in [1.165, 1.54) is 30.6 Å². The van der Waals surface area contributed by atoms with Gasteiger partial charge in [0.1, 0.15) is 17.2 Å². The minimum absolute atomic E-state index is 0.0487. The van der Waals surface area contributed by atoms with Gasteiger partial charge in [-0.1, -0.05) is 0 Å². The van der Waals surface area contributed by atoms with E-state index >= 15 is 0 Å². The number of carbonyl (C=O) groups is 2. The van der Waals surface area contributed by atoms with E-state index in [1.807, 2.05) is 0 Å². The van der Waals surface area contributed by atoms with Gasteiger partial charge in [0, 0.05) is 49.3 Å². The molecule has 40 heavy (non-hydrogen) atoms. The number of nitrogen functional groups attached to an aromatic ring is 1. The van der Waals surface area contributed by atoms with Crippen molar-refractivity contribution >= 4 is 34.6 Å². The first-order chi connectivity index (χ1) is 19.2. The fourth-order valence-corrected chi connectivity index (χ4v) is 4.36. The topological polar surface area (TPSA) is 112 Å². The van der Waals surface area contributed by atoms with Crippen LogP contribution in [0.3, 0.4) is 0 Å². The van der Waals surface area contributed by atoms with E-state index in [2.05, 4.69) is 9.97 Å². The molecule has 11 heteroatoms. The minimum atomic E-state index is -4.68. The van der Waals surface area contributed by atoms with Crippen LogP contribution in [0.2, 0.25) is 0 Å². The van der Waals surface area contributed by atoms with E-state index in [-0.39, 0.29) is 52.5 Å². The molecule has 4 heterocycles. The molecule has 1 amide bonds. The van der Waals surface area contributed by atoms with Gasteiger partial charge in [-0.2, -0.15) is 13.2 Å². The smallest absolute Gasteiger partial charge is 0.420 e. The van der Waals surface area contributed by atoms with Gasteiger partial charge < -0.3 is 19.8 Å². The van der Waals surface area contributed by atoms with Gasteiger partial charge in [0.05, 0.1) is 30.0 Å². The van der Waals surface area contributed by atoms with E-state index in [0.29, 0.717) is 43.2 Å². The third kappa shape index (κ3) is 6.20. The first-order valence-corrected chi connectivity index (χ1v) is 12.6. The van der Waals surface area contributed by atoms with E-state index in [1.54, 1.807) is 35.2 Å². The van der Waals surface area contributed by atoms with Crippen LogP contribution in [0.4, 0.5) is 19.0 Å². The zero-order chi connectivity index (χ0) is 28.3. The summed E-state index contributed by atoms with van der Waals surface area (Å²) in [4.78, 5) is 34.9. The Labute approximate surface area is 227 Å². The number of nitrogens with two attached hydrogens (primary N) is 1. The number of anilines is 1. The van der Waals surface area contributed by atoms with Crippen LogP contribution < -0.4 is 5.73 Å². The number of fused-ring (bicyclic) bond motifs is 1. The number of carbonyl (C=O) groups excluding carboxylic acids is 2. The predicted octanol–water partition coefficient (Wildman–Crippen LogP) is 5.18. The van der Waals surface area contributed by atoms with Crippen molar-refractivity contribution in [2.45, 2.75) is 19.0 Å². The fraction of sp³-hybridized carbons (Fsp3) is 0.241. The van der Waals surface area contributed by atoms with Crippen molar-refractivity contribution in [3.05, 3.63) is 83.4 Å². The second kappa shape index (κ2) is 11.3. The summed E-state index contributed by atoms with van der Waals surface area (Å²) in [6.45, 7) is 1.85. The summed E-state index contributed by atoms with van der Waals surface area (Å²) in [7, 11) is 0. The average Bonchev–Trinajstić information content (AvgIpc) is 3.38. The molecular weight excluding hydrogens is 525 g/mol. The Morgan fingerprint density at radius 1 is 1.02 bits per heavy atom. The Kier molecular flexibility index (Phi) is 7.65. The van der Waals surface area contributed by atoms with Crippen molar-refractivity contribution in [3.8, 4) is 11.3 Å². The largest absolute Gasteiger partial charge is 0.460 e. The van der Waals surface area contributed by atoms with Gasteiger partial charge in [-0.25, -0.2) is 4.98 Å². The van der Waals surface area contributed by atoms with Crippen LogP contribution in [0.5, 0.6) is 0 Å². The molecule has 0 aliphatic carbocycles. The number of aromatic nitrogens is 2. The number of furan rings is 1. The van der Waals surface area contributed by atoms with Crippen molar-refractivity contribution in [1.82, 2.24) is 14.9 Å². The molecule has 206 valence electrons. The van der Waals surface area contributed by atoms with Gasteiger partial charge in [-0.15, -0.1) is 0 Å². The van der Waals surface area contributed by atoms with E-state index in [9.17, 15) is 22.8 Å². The molecule has 1 saturated heterocycles. The molecule has 1 fully saturated rings. The number of benzene rings is 1. The lowest BCUT2D eigenvalue weighted by Gasteiger charge is -2.26. The van der Waals surface area contributed by atoms with Gasteiger partial charge in [0.2, 0.25) is 0 Å². The number of halogens is 3. The van der Waals surface area contributed by atoms with Gasteiger partial charge in [-0.3, -0.25) is 14.6 Å². The Bertz CT molecular complexity index is 1560. The molecule has 1 aliphatic rings. The van der Waals surface area contributed by atoms with Gasteiger partial charge in [-0.05, 0) is 60.2 Å². The average molecular weight is 551 g/mol. The number of hydrogen-bond acceptors (Lipinski definition) is 7. The maximum Gasteiger partial charge on any atom is 0.420 e. The van der Waals surface area contributed by atoms with Crippen LogP contribution in [0.15, 0.2) is 65.4 Å². The predicted molar refractivity (Wildman–Crippen MR) is 142 cm³/mol. The highest BCUT2D eigenvalue weighted by molar-refractivity contribution is 5.95. The Morgan fingerprint density at radius 2 is 1.82 bits per heavy atom. The number of allylic oxidation sites excluding steroid dienone is 1. The fourth-order valence-electron chi connectivity index (χ4n) is 4.36. The van der Waals surface area contributed by atoms with Crippen molar-refractivity contribution in [2.24, 2.45) is 0 Å². The molecule has 3 aromatic heterocycles. The number of hydrogen-bond donors (Lipinski definition) is 1. The highest BCUT2D eigenvalue weighted by atomic mass is 19.4. The Hall–Kier alpha value is -4.51. The number of morpholine rings is 1. The van der Waals surface area contributed by atoms with Crippen LogP contribution in [0, 0.1) is 0 Å². The van der Waals surface area contributed by atoms with Crippen molar-refractivity contribution in [2.75, 3.05) is 32.0 Å². The van der Waals surface area contributed by atoms with E-state index < -0.39 is 11.7 Å². The van der Waals surface area contributed by atoms with Crippen molar-refractivity contribution < 1.29 is 31.9 Å². The third-order valence-corrected chi connectivity index (χ3v) is 6.47. The molecule has 1 aromatic carbocycles. The van der Waals surface area contributed by atoms with Crippen molar-refractivity contribution in [3.63, 3.8) is 0 Å². The van der Waals surface area contributed by atoms with Crippen LogP contribution in [0.25, 0.3) is 28.3 Å². The summed E-state index contributed by atoms with van der Waals surface area (Å²) >= 11 is 0. The molecule has 2 N–H and O–H groups in total. The van der Waals surface area contributed by atoms with Crippen molar-refractivity contribution in [1.29, 1.82) is 0 Å². The van der Waals surface area contributed by atoms with Crippen LogP contribution in [-0.2, 0) is 22.1 Å².